The molecule has 1 fully saturated rings. The maximum absolute atomic E-state index is 9.96. The second kappa shape index (κ2) is 17.9. The van der Waals surface area contributed by atoms with Gasteiger partial charge in [-0.15, -0.1) is 18.3 Å². The zero-order valence-corrected chi connectivity index (χ0v) is 33.5. The van der Waals surface area contributed by atoms with Crippen molar-refractivity contribution in [1.82, 2.24) is 0 Å². The van der Waals surface area contributed by atoms with Crippen molar-refractivity contribution in [2.24, 2.45) is 22.9 Å². The van der Waals surface area contributed by atoms with Gasteiger partial charge >= 0.3 is 0 Å². The summed E-state index contributed by atoms with van der Waals surface area (Å²) in [5.41, 5.74) is 3.14. The number of benzene rings is 5. The Kier molecular flexibility index (Phi) is 12.3. The molecule has 8 rings (SSSR count). The first-order chi connectivity index (χ1) is 28.0. The number of hydrogen-bond donors (Lipinski definition) is 2. The van der Waals surface area contributed by atoms with Crippen LogP contribution in [0.25, 0.3) is 21.5 Å². The van der Waals surface area contributed by atoms with E-state index in [0.29, 0.717) is 19.6 Å². The average Bonchev–Trinajstić information content (AvgIpc) is 3.24. The van der Waals surface area contributed by atoms with E-state index in [-0.39, 0.29) is 42.1 Å². The summed E-state index contributed by atoms with van der Waals surface area (Å²) in [6.07, 6.45) is 9.96. The van der Waals surface area contributed by atoms with E-state index >= 15 is 0 Å². The Balaban J connectivity index is 1.29. The second-order valence-corrected chi connectivity index (χ2v) is 16.7. The summed E-state index contributed by atoms with van der Waals surface area (Å²) in [4.78, 5) is 7.03. The number of nitrogens with zero attached hydrogens (tertiary/aromatic N) is 1. The molecule has 6 unspecified atom stereocenters. The number of rotatable bonds is 17. The smallest absolute Gasteiger partial charge is 0.231 e. The largest absolute Gasteiger partial charge is 0.460 e. The maximum Gasteiger partial charge on any atom is 0.231 e. The lowest BCUT2D eigenvalue weighted by molar-refractivity contribution is -0.223. The average molecular weight is 784 g/mol. The van der Waals surface area contributed by atoms with Crippen LogP contribution in [0.5, 0.6) is 17.2 Å². The highest BCUT2D eigenvalue weighted by molar-refractivity contribution is 8.00. The molecular weight excluding hydrogens is 731 g/mol. The number of hydrogen-bond acceptors (Lipinski definition) is 8. The third kappa shape index (κ3) is 8.11. The molecular formula is C49H53NO6S. The van der Waals surface area contributed by atoms with Gasteiger partial charge in [0, 0.05) is 36.0 Å². The normalized spacial score (nSPS) is 24.4. The number of aliphatic hydroxyl groups excluding tert-OH is 2. The monoisotopic (exact) mass is 783 g/mol. The Morgan fingerprint density at radius 3 is 2.25 bits per heavy atom. The summed E-state index contributed by atoms with van der Waals surface area (Å²) in [6, 6.07) is 35.8. The molecule has 8 heteroatoms. The third-order valence-corrected chi connectivity index (χ3v) is 13.2. The molecule has 1 heterocycles. The SMILES string of the molecule is C=CCOC12Oc3ccc(Oc4ccc5ccccc5c4)cc3C3C(CCCCO)C(CCCCO)C=C(C(=NOCC)CC1Sc1ccc4ccccc4c1)C32. The highest BCUT2D eigenvalue weighted by Crippen LogP contribution is 2.63. The molecule has 57 heavy (non-hydrogen) atoms. The summed E-state index contributed by atoms with van der Waals surface area (Å²) in [6.45, 7) is 7.15. The minimum Gasteiger partial charge on any atom is -0.460 e. The van der Waals surface area contributed by atoms with Crippen LogP contribution in [0.15, 0.2) is 137 Å². The molecule has 0 spiro atoms. The molecule has 2 N–H and O–H groups in total. The minimum atomic E-state index is -1.06. The van der Waals surface area contributed by atoms with Crippen molar-refractivity contribution in [2.75, 3.05) is 26.4 Å². The zero-order chi connectivity index (χ0) is 39.2. The Morgan fingerprint density at radius 1 is 0.825 bits per heavy atom. The molecule has 6 atom stereocenters. The van der Waals surface area contributed by atoms with Crippen LogP contribution in [-0.4, -0.2) is 53.4 Å². The molecule has 7 nitrogen and oxygen atoms in total. The quantitative estimate of drug-likeness (QED) is 0.0551. The zero-order valence-electron chi connectivity index (χ0n) is 32.7. The number of allylic oxidation sites excluding steroid dienone is 1. The van der Waals surface area contributed by atoms with E-state index in [9.17, 15) is 10.2 Å². The standard InChI is InChI=1S/C49H53NO6S/c1-3-27-53-49-46(57-40-23-20-34-14-6-8-16-36(34)29-40)32-44(50-54-4-2)42-30-37(17-9-11-25-51)41(18-10-12-26-52)47(48(42)49)43-31-39(22-24-45(43)56-49)55-38-21-19-33-13-5-7-15-35(33)28-38/h3,5-8,13-16,19-24,28-31,37,41,46-48,51-52H,1,4,9-12,17-18,25-27,32H2,2H3. The van der Waals surface area contributed by atoms with Gasteiger partial charge in [0.2, 0.25) is 5.79 Å². The molecule has 0 aromatic heterocycles. The summed E-state index contributed by atoms with van der Waals surface area (Å²) in [5.74, 6) is 1.41. The van der Waals surface area contributed by atoms with Crippen LogP contribution in [0.4, 0.5) is 0 Å². The predicted octanol–water partition coefficient (Wildman–Crippen LogP) is 11.2. The molecule has 296 valence electrons. The van der Waals surface area contributed by atoms with Crippen LogP contribution in [0.1, 0.15) is 63.4 Å². The summed E-state index contributed by atoms with van der Waals surface area (Å²) in [7, 11) is 0. The molecule has 0 radical (unpaired) electrons. The van der Waals surface area contributed by atoms with Crippen LogP contribution >= 0.6 is 11.8 Å². The number of oxime groups is 1. The van der Waals surface area contributed by atoms with E-state index in [2.05, 4.69) is 91.5 Å². The van der Waals surface area contributed by atoms with Gasteiger partial charge in [-0.3, -0.25) is 0 Å². The van der Waals surface area contributed by atoms with E-state index < -0.39 is 5.79 Å². The van der Waals surface area contributed by atoms with Gasteiger partial charge < -0.3 is 29.3 Å². The predicted molar refractivity (Wildman–Crippen MR) is 230 cm³/mol. The van der Waals surface area contributed by atoms with Crippen LogP contribution in [0, 0.1) is 17.8 Å². The molecule has 0 amide bonds. The molecule has 0 saturated heterocycles. The topological polar surface area (TPSA) is 89.7 Å². The van der Waals surface area contributed by atoms with Crippen molar-refractivity contribution in [2.45, 2.75) is 73.7 Å². The van der Waals surface area contributed by atoms with Crippen LogP contribution < -0.4 is 9.47 Å². The van der Waals surface area contributed by atoms with Gasteiger partial charge in [0.1, 0.15) is 23.9 Å². The number of fused-ring (bicyclic) bond motifs is 4. The molecule has 1 aliphatic heterocycles. The van der Waals surface area contributed by atoms with Crippen LogP contribution in [0.2, 0.25) is 0 Å². The highest BCUT2D eigenvalue weighted by atomic mass is 32.2. The van der Waals surface area contributed by atoms with E-state index in [1.807, 2.05) is 37.3 Å². The molecule has 3 aliphatic rings. The van der Waals surface area contributed by atoms with E-state index in [0.717, 1.165) is 88.3 Å². The van der Waals surface area contributed by atoms with Gasteiger partial charge in [-0.05, 0) is 114 Å². The number of unbranched alkanes of at least 4 members (excludes halogenated alkanes) is 2. The Labute approximate surface area is 340 Å². The van der Waals surface area contributed by atoms with E-state index in [1.54, 1.807) is 11.8 Å². The maximum atomic E-state index is 9.96. The lowest BCUT2D eigenvalue weighted by atomic mass is 9.56. The first-order valence-electron chi connectivity index (χ1n) is 20.6. The van der Waals surface area contributed by atoms with E-state index in [4.69, 9.17) is 24.2 Å². The summed E-state index contributed by atoms with van der Waals surface area (Å²) < 4.78 is 21.2. The molecule has 0 bridgehead atoms. The first kappa shape index (κ1) is 39.2. The Morgan fingerprint density at radius 2 is 1.51 bits per heavy atom. The molecule has 5 aromatic rings. The number of aliphatic hydroxyl groups is 2. The number of thioether (sulfide) groups is 1. The van der Waals surface area contributed by atoms with Gasteiger partial charge in [0.15, 0.2) is 0 Å². The van der Waals surface area contributed by atoms with Crippen LogP contribution in [-0.2, 0) is 9.57 Å². The molecule has 1 saturated carbocycles. The van der Waals surface area contributed by atoms with Gasteiger partial charge in [-0.1, -0.05) is 90.8 Å². The van der Waals surface area contributed by atoms with Gasteiger partial charge in [-0.25, -0.2) is 0 Å². The van der Waals surface area contributed by atoms with Crippen LogP contribution in [0.3, 0.4) is 0 Å². The lowest BCUT2D eigenvalue weighted by Gasteiger charge is -2.58. The van der Waals surface area contributed by atoms with Gasteiger partial charge in [0.25, 0.3) is 0 Å². The number of ether oxygens (including phenoxy) is 3. The summed E-state index contributed by atoms with van der Waals surface area (Å²) >= 11 is 1.78. The lowest BCUT2D eigenvalue weighted by Crippen LogP contribution is -2.64. The third-order valence-electron chi connectivity index (χ3n) is 11.9. The Bertz CT molecular complexity index is 2250. The molecule has 5 aromatic carbocycles. The summed E-state index contributed by atoms with van der Waals surface area (Å²) in [5, 5.41) is 29.1. The fraction of sp³-hybridized carbons (Fsp3) is 0.367. The Hall–Kier alpha value is -4.60. The van der Waals surface area contributed by atoms with Crippen molar-refractivity contribution < 1.29 is 29.3 Å². The van der Waals surface area contributed by atoms with Gasteiger partial charge in [-0.2, -0.15) is 0 Å². The van der Waals surface area contributed by atoms with Crippen molar-refractivity contribution in [3.63, 3.8) is 0 Å². The van der Waals surface area contributed by atoms with Crippen molar-refractivity contribution in [1.29, 1.82) is 0 Å². The molecule has 2 aliphatic carbocycles. The van der Waals surface area contributed by atoms with E-state index in [1.165, 1.54) is 10.8 Å². The van der Waals surface area contributed by atoms with Crippen molar-refractivity contribution in [3.8, 4) is 17.2 Å². The minimum absolute atomic E-state index is 0.0247. The van der Waals surface area contributed by atoms with Gasteiger partial charge in [0.05, 0.1) is 23.5 Å². The fourth-order valence-corrected chi connectivity index (χ4v) is 10.7. The first-order valence-corrected chi connectivity index (χ1v) is 21.5. The highest BCUT2D eigenvalue weighted by Gasteiger charge is 2.64. The van der Waals surface area contributed by atoms with Crippen molar-refractivity contribution >= 4 is 39.0 Å². The second-order valence-electron chi connectivity index (χ2n) is 15.4. The van der Waals surface area contributed by atoms with Crippen molar-refractivity contribution in [3.05, 3.63) is 133 Å². The fourth-order valence-electron chi connectivity index (χ4n) is 9.40.